The normalized spacial score (nSPS) is 12.6. The minimum absolute atomic E-state index is 1.08. The van der Waals surface area contributed by atoms with Gasteiger partial charge in [-0.15, -0.1) is 11.3 Å². The standard InChI is InChI=1S/C72H50N4S/c1-7-19-49(20-8-1)51-31-35-57(36-32-51)75-65-43-39-59(73(53-23-11-3-12-24-53)54-25-13-4-14-26-54)47-63(65)69-67(75)45-41-61-62-42-46-68-70(72(62)77-71(61)69)64-48-60(74(55-27-15-5-16-28-55)56-29-17-6-18-30-56)40-44-66(64)76(68)58-37-33-52(34-38-58)50-21-9-2-10-22-50/h1,3-9,11-48H,2,10H2. The van der Waals surface area contributed by atoms with Gasteiger partial charge in [0.15, 0.2) is 0 Å². The molecule has 0 unspecified atom stereocenters. The van der Waals surface area contributed by atoms with Crippen LogP contribution in [0.25, 0.3) is 91.9 Å². The summed E-state index contributed by atoms with van der Waals surface area (Å²) in [5.74, 6) is 0. The fourth-order valence-electron chi connectivity index (χ4n) is 12.0. The van der Waals surface area contributed by atoms with Crippen molar-refractivity contribution in [2.75, 3.05) is 9.80 Å². The van der Waals surface area contributed by atoms with Gasteiger partial charge in [0.25, 0.3) is 0 Å². The van der Waals surface area contributed by atoms with Crippen LogP contribution in [-0.4, -0.2) is 9.13 Å². The Kier molecular flexibility index (Phi) is 10.8. The Labute approximate surface area is 451 Å². The Morgan fingerprint density at radius 3 is 1.12 bits per heavy atom. The summed E-state index contributed by atoms with van der Waals surface area (Å²) >= 11 is 1.93. The third-order valence-electron chi connectivity index (χ3n) is 15.5. The molecule has 1 aliphatic carbocycles. The van der Waals surface area contributed by atoms with Gasteiger partial charge in [0.05, 0.1) is 22.1 Å². The highest BCUT2D eigenvalue weighted by molar-refractivity contribution is 7.27. The SMILES string of the molecule is C1=CC(c2ccc(-n3c4ccc(N(c5ccccc5)c5ccccc5)cc4c4c5sc6c(ccc7c6c6cc(N(c8ccccc8)c8ccccc8)ccc6n7-c6ccc(-c7ccccc7)cc6)c5ccc43)cc2)=CCC1. The molecular weight excluding hydrogens is 953 g/mol. The molecule has 0 saturated carbocycles. The minimum Gasteiger partial charge on any atom is -0.310 e. The molecule has 4 nitrogen and oxygen atoms in total. The van der Waals surface area contributed by atoms with Gasteiger partial charge < -0.3 is 18.9 Å². The van der Waals surface area contributed by atoms with Crippen molar-refractivity contribution < 1.29 is 0 Å². The number of hydrogen-bond donors (Lipinski definition) is 0. The molecular formula is C72H50N4S. The van der Waals surface area contributed by atoms with Crippen molar-refractivity contribution in [2.24, 2.45) is 0 Å². The van der Waals surface area contributed by atoms with Gasteiger partial charge in [-0.25, -0.2) is 0 Å². The van der Waals surface area contributed by atoms with E-state index < -0.39 is 0 Å². The maximum Gasteiger partial charge on any atom is 0.0555 e. The lowest BCUT2D eigenvalue weighted by Gasteiger charge is -2.25. The molecule has 364 valence electrons. The molecule has 0 saturated heterocycles. The first kappa shape index (κ1) is 44.8. The Morgan fingerprint density at radius 1 is 0.312 bits per heavy atom. The maximum absolute atomic E-state index is 2.48. The zero-order chi connectivity index (χ0) is 50.8. The summed E-state index contributed by atoms with van der Waals surface area (Å²) in [5.41, 5.74) is 18.6. The summed E-state index contributed by atoms with van der Waals surface area (Å²) in [6.45, 7) is 0. The zero-order valence-corrected chi connectivity index (χ0v) is 43.0. The molecule has 0 atom stereocenters. The van der Waals surface area contributed by atoms with Gasteiger partial charge in [-0.05, 0) is 156 Å². The molecule has 0 aliphatic heterocycles. The van der Waals surface area contributed by atoms with Crippen molar-refractivity contribution in [3.8, 4) is 22.5 Å². The first-order valence-electron chi connectivity index (χ1n) is 26.6. The van der Waals surface area contributed by atoms with Crippen LogP contribution in [0.4, 0.5) is 34.1 Å². The number of allylic oxidation sites excluding steroid dienone is 4. The molecule has 77 heavy (non-hydrogen) atoms. The first-order chi connectivity index (χ1) is 38.2. The van der Waals surface area contributed by atoms with Crippen LogP contribution in [-0.2, 0) is 0 Å². The van der Waals surface area contributed by atoms with Crippen molar-refractivity contribution in [3.05, 3.63) is 285 Å². The number of para-hydroxylation sites is 4. The smallest absolute Gasteiger partial charge is 0.0555 e. The molecule has 0 N–H and O–H groups in total. The second-order valence-corrected chi connectivity index (χ2v) is 21.0. The van der Waals surface area contributed by atoms with E-state index in [-0.39, 0.29) is 0 Å². The van der Waals surface area contributed by atoms with Gasteiger partial charge >= 0.3 is 0 Å². The monoisotopic (exact) mass is 1000 g/mol. The number of fused-ring (bicyclic) bond motifs is 11. The van der Waals surface area contributed by atoms with E-state index in [0.717, 1.165) is 58.3 Å². The topological polar surface area (TPSA) is 16.3 Å². The van der Waals surface area contributed by atoms with E-state index >= 15 is 0 Å². The minimum atomic E-state index is 1.08. The van der Waals surface area contributed by atoms with Crippen molar-refractivity contribution in [1.82, 2.24) is 9.13 Å². The number of rotatable bonds is 10. The van der Waals surface area contributed by atoms with E-state index in [0.29, 0.717) is 0 Å². The second-order valence-electron chi connectivity index (χ2n) is 20.0. The summed E-state index contributed by atoms with van der Waals surface area (Å²) in [6, 6.07) is 95.5. The molecule has 0 fully saturated rings. The average Bonchev–Trinajstić information content (AvgIpc) is 4.36. The van der Waals surface area contributed by atoms with Gasteiger partial charge in [-0.2, -0.15) is 0 Å². The second kappa shape index (κ2) is 18.6. The molecule has 15 rings (SSSR count). The highest BCUT2D eigenvalue weighted by atomic mass is 32.1. The van der Waals surface area contributed by atoms with Crippen LogP contribution in [0.3, 0.4) is 0 Å². The number of aromatic nitrogens is 2. The van der Waals surface area contributed by atoms with Gasteiger partial charge in [0.1, 0.15) is 0 Å². The van der Waals surface area contributed by atoms with Gasteiger partial charge in [-0.3, -0.25) is 0 Å². The maximum atomic E-state index is 2.48. The molecule has 0 bridgehead atoms. The molecule has 11 aromatic carbocycles. The summed E-state index contributed by atoms with van der Waals surface area (Å²) < 4.78 is 7.52. The van der Waals surface area contributed by atoms with E-state index in [1.807, 2.05) is 11.3 Å². The lowest BCUT2D eigenvalue weighted by molar-refractivity contribution is 1.04. The third-order valence-corrected chi connectivity index (χ3v) is 16.7. The van der Waals surface area contributed by atoms with E-state index in [4.69, 9.17) is 0 Å². The van der Waals surface area contributed by atoms with Crippen molar-refractivity contribution in [2.45, 2.75) is 12.8 Å². The van der Waals surface area contributed by atoms with Gasteiger partial charge in [0, 0.05) is 87.2 Å². The van der Waals surface area contributed by atoms with Crippen molar-refractivity contribution >= 4 is 115 Å². The third kappa shape index (κ3) is 7.57. The number of hydrogen-bond acceptors (Lipinski definition) is 3. The summed E-state index contributed by atoms with van der Waals surface area (Å²) in [7, 11) is 0. The molecule has 0 amide bonds. The Bertz CT molecular complexity index is 4490. The predicted octanol–water partition coefficient (Wildman–Crippen LogP) is 20.6. The Hall–Kier alpha value is -9.68. The number of thiophene rings is 1. The first-order valence-corrected chi connectivity index (χ1v) is 27.4. The highest BCUT2D eigenvalue weighted by Gasteiger charge is 2.24. The van der Waals surface area contributed by atoms with E-state index in [1.165, 1.54) is 86.0 Å². The largest absolute Gasteiger partial charge is 0.310 e. The van der Waals surface area contributed by atoms with Crippen LogP contribution < -0.4 is 9.80 Å². The highest BCUT2D eigenvalue weighted by Crippen LogP contribution is 2.50. The zero-order valence-electron chi connectivity index (χ0n) is 42.2. The number of anilines is 6. The quantitative estimate of drug-likeness (QED) is 0.136. The number of benzene rings is 11. The summed E-state index contributed by atoms with van der Waals surface area (Å²) in [5, 5.41) is 7.47. The fourth-order valence-corrected chi connectivity index (χ4v) is 13.4. The van der Waals surface area contributed by atoms with Crippen LogP contribution in [0, 0.1) is 0 Å². The lowest BCUT2D eigenvalue weighted by Crippen LogP contribution is -2.09. The van der Waals surface area contributed by atoms with E-state index in [2.05, 4.69) is 298 Å². The molecule has 0 spiro atoms. The van der Waals surface area contributed by atoms with Crippen LogP contribution in [0.1, 0.15) is 18.4 Å². The number of nitrogens with zero attached hydrogens (tertiary/aromatic N) is 4. The predicted molar refractivity (Wildman–Crippen MR) is 329 cm³/mol. The average molecular weight is 1000 g/mol. The van der Waals surface area contributed by atoms with Crippen LogP contribution in [0.2, 0.25) is 0 Å². The van der Waals surface area contributed by atoms with Gasteiger partial charge in [0.2, 0.25) is 0 Å². The Morgan fingerprint density at radius 2 is 0.701 bits per heavy atom. The summed E-state index contributed by atoms with van der Waals surface area (Å²) in [4.78, 5) is 4.76. The Balaban J connectivity index is 1.01. The van der Waals surface area contributed by atoms with Crippen LogP contribution >= 0.6 is 11.3 Å². The fraction of sp³-hybridized carbons (Fsp3) is 0.0278. The molecule has 3 heterocycles. The van der Waals surface area contributed by atoms with Crippen molar-refractivity contribution in [1.29, 1.82) is 0 Å². The molecule has 14 aromatic rings. The van der Waals surface area contributed by atoms with E-state index in [1.54, 1.807) is 0 Å². The molecule has 1 aliphatic rings. The molecule has 3 aromatic heterocycles. The molecule has 5 heteroatoms. The van der Waals surface area contributed by atoms with Crippen LogP contribution in [0.15, 0.2) is 279 Å². The van der Waals surface area contributed by atoms with E-state index in [9.17, 15) is 0 Å². The van der Waals surface area contributed by atoms with Crippen LogP contribution in [0.5, 0.6) is 0 Å². The van der Waals surface area contributed by atoms with Gasteiger partial charge in [-0.1, -0.05) is 158 Å². The lowest BCUT2D eigenvalue weighted by atomic mass is 9.99. The van der Waals surface area contributed by atoms with Crippen molar-refractivity contribution in [3.63, 3.8) is 0 Å². The molecule has 0 radical (unpaired) electrons. The summed E-state index contributed by atoms with van der Waals surface area (Å²) in [6.07, 6.45) is 9.09.